The maximum absolute atomic E-state index is 12.4. The maximum Gasteiger partial charge on any atom is 0.325 e. The van der Waals surface area contributed by atoms with Gasteiger partial charge in [-0.2, -0.15) is 0 Å². The molecule has 1 aliphatic rings. The van der Waals surface area contributed by atoms with E-state index in [1.54, 1.807) is 24.3 Å². The number of urea groups is 1. The number of hydrogen-bond acceptors (Lipinski definition) is 3. The molecule has 0 aliphatic carbocycles. The molecule has 6 nitrogen and oxygen atoms in total. The third kappa shape index (κ3) is 4.16. The van der Waals surface area contributed by atoms with E-state index in [-0.39, 0.29) is 6.54 Å². The summed E-state index contributed by atoms with van der Waals surface area (Å²) in [5.41, 5.74) is 1.44. The van der Waals surface area contributed by atoms with E-state index in [2.05, 4.69) is 10.6 Å². The normalized spacial score (nSPS) is 16.7. The molecule has 0 aromatic heterocycles. The number of nitrogens with zero attached hydrogens (tertiary/aromatic N) is 1. The van der Waals surface area contributed by atoms with Crippen LogP contribution >= 0.6 is 11.6 Å². The van der Waals surface area contributed by atoms with Crippen molar-refractivity contribution in [1.82, 2.24) is 10.2 Å². The van der Waals surface area contributed by atoms with Crippen molar-refractivity contribution in [3.05, 3.63) is 65.2 Å². The van der Waals surface area contributed by atoms with Crippen molar-refractivity contribution in [1.29, 1.82) is 0 Å². The smallest absolute Gasteiger partial charge is 0.325 e. The van der Waals surface area contributed by atoms with Crippen LogP contribution in [0.25, 0.3) is 0 Å². The van der Waals surface area contributed by atoms with Crippen LogP contribution in [0.2, 0.25) is 5.02 Å². The zero-order chi connectivity index (χ0) is 17.8. The summed E-state index contributed by atoms with van der Waals surface area (Å²) in [6, 6.07) is 14.8. The minimum Gasteiger partial charge on any atom is -0.325 e. The van der Waals surface area contributed by atoms with Gasteiger partial charge in [-0.3, -0.25) is 14.5 Å². The summed E-state index contributed by atoms with van der Waals surface area (Å²) in [5.74, 6) is -0.874. The Morgan fingerprint density at radius 2 is 1.88 bits per heavy atom. The molecule has 1 fully saturated rings. The van der Waals surface area contributed by atoms with Gasteiger partial charge in [-0.1, -0.05) is 48.0 Å². The summed E-state index contributed by atoms with van der Waals surface area (Å²) < 4.78 is 0. The van der Waals surface area contributed by atoms with E-state index in [1.807, 2.05) is 30.3 Å². The Bertz CT molecular complexity index is 810. The molecule has 25 heavy (non-hydrogen) atoms. The SMILES string of the molecule is O=C(CN1C(=O)N[C@@H](Cc2ccccc2)C1=O)Nc1cccc(Cl)c1. The predicted octanol–water partition coefficient (Wildman–Crippen LogP) is 2.44. The molecule has 0 radical (unpaired) electrons. The van der Waals surface area contributed by atoms with Gasteiger partial charge in [0.15, 0.2) is 0 Å². The van der Waals surface area contributed by atoms with Gasteiger partial charge in [0, 0.05) is 17.1 Å². The lowest BCUT2D eigenvalue weighted by molar-refractivity contribution is -0.130. The Hall–Kier alpha value is -2.86. The molecular formula is C18H16ClN3O3. The van der Waals surface area contributed by atoms with Crippen LogP contribution in [0, 0.1) is 0 Å². The third-order valence-electron chi connectivity index (χ3n) is 3.80. The molecule has 2 N–H and O–H groups in total. The van der Waals surface area contributed by atoms with Gasteiger partial charge < -0.3 is 10.6 Å². The number of rotatable bonds is 5. The summed E-state index contributed by atoms with van der Waals surface area (Å²) in [6.45, 7) is -0.345. The molecule has 3 rings (SSSR count). The Balaban J connectivity index is 1.61. The third-order valence-corrected chi connectivity index (χ3v) is 4.03. The van der Waals surface area contributed by atoms with Crippen LogP contribution in [0.15, 0.2) is 54.6 Å². The maximum atomic E-state index is 12.4. The van der Waals surface area contributed by atoms with Crippen molar-refractivity contribution < 1.29 is 14.4 Å². The topological polar surface area (TPSA) is 78.5 Å². The van der Waals surface area contributed by atoms with Crippen molar-refractivity contribution in [2.45, 2.75) is 12.5 Å². The molecule has 1 heterocycles. The van der Waals surface area contributed by atoms with Crippen molar-refractivity contribution in [2.75, 3.05) is 11.9 Å². The molecule has 4 amide bonds. The minimum absolute atomic E-state index is 0.345. The first-order valence-corrected chi connectivity index (χ1v) is 8.12. The van der Waals surface area contributed by atoms with Crippen LogP contribution in [-0.2, 0) is 16.0 Å². The quantitative estimate of drug-likeness (QED) is 0.807. The van der Waals surface area contributed by atoms with E-state index >= 15 is 0 Å². The Morgan fingerprint density at radius 1 is 1.12 bits per heavy atom. The molecule has 0 bridgehead atoms. The molecule has 1 aliphatic heterocycles. The molecule has 0 spiro atoms. The van der Waals surface area contributed by atoms with Gasteiger partial charge in [-0.25, -0.2) is 4.79 Å². The zero-order valence-electron chi connectivity index (χ0n) is 13.2. The summed E-state index contributed by atoms with van der Waals surface area (Å²) >= 11 is 5.86. The van der Waals surface area contributed by atoms with Crippen molar-refractivity contribution >= 4 is 35.1 Å². The highest BCUT2D eigenvalue weighted by Gasteiger charge is 2.38. The monoisotopic (exact) mass is 357 g/mol. The standard InChI is InChI=1S/C18H16ClN3O3/c19-13-7-4-8-14(10-13)20-16(23)11-22-17(24)15(21-18(22)25)9-12-5-2-1-3-6-12/h1-8,10,15H,9,11H2,(H,20,23)(H,21,25)/t15-/m0/s1. The van der Waals surface area contributed by atoms with E-state index in [0.717, 1.165) is 10.5 Å². The molecule has 2 aromatic carbocycles. The van der Waals surface area contributed by atoms with E-state index in [1.165, 1.54) is 0 Å². The zero-order valence-corrected chi connectivity index (χ0v) is 14.0. The average Bonchev–Trinajstić information content (AvgIpc) is 2.83. The average molecular weight is 358 g/mol. The highest BCUT2D eigenvalue weighted by Crippen LogP contribution is 2.16. The minimum atomic E-state index is -0.658. The van der Waals surface area contributed by atoms with Gasteiger partial charge in [-0.05, 0) is 23.8 Å². The molecule has 128 valence electrons. The largest absolute Gasteiger partial charge is 0.325 e. The molecule has 2 aromatic rings. The lowest BCUT2D eigenvalue weighted by atomic mass is 10.1. The Morgan fingerprint density at radius 3 is 2.60 bits per heavy atom. The summed E-state index contributed by atoms with van der Waals surface area (Å²) in [6.07, 6.45) is 0.387. The van der Waals surface area contributed by atoms with Crippen LogP contribution < -0.4 is 10.6 Å². The van der Waals surface area contributed by atoms with Crippen LogP contribution in [0.3, 0.4) is 0 Å². The second kappa shape index (κ2) is 7.36. The summed E-state index contributed by atoms with van der Waals surface area (Å²) in [5, 5.41) is 5.72. The van der Waals surface area contributed by atoms with Crippen LogP contribution in [0.4, 0.5) is 10.5 Å². The van der Waals surface area contributed by atoms with Crippen LogP contribution in [0.1, 0.15) is 5.56 Å². The van der Waals surface area contributed by atoms with Crippen LogP contribution in [0.5, 0.6) is 0 Å². The number of anilines is 1. The fourth-order valence-corrected chi connectivity index (χ4v) is 2.82. The number of carbonyl (C=O) groups excluding carboxylic acids is 3. The number of carbonyl (C=O) groups is 3. The van der Waals surface area contributed by atoms with Crippen LogP contribution in [-0.4, -0.2) is 35.3 Å². The second-order valence-corrected chi connectivity index (χ2v) is 6.11. The van der Waals surface area contributed by atoms with Gasteiger partial charge in [0.05, 0.1) is 0 Å². The fourth-order valence-electron chi connectivity index (χ4n) is 2.63. The lowest BCUT2D eigenvalue weighted by Crippen LogP contribution is -2.38. The second-order valence-electron chi connectivity index (χ2n) is 5.67. The van der Waals surface area contributed by atoms with Crippen molar-refractivity contribution in [3.63, 3.8) is 0 Å². The Labute approximate surface area is 149 Å². The summed E-state index contributed by atoms with van der Waals surface area (Å²) in [7, 11) is 0. The molecule has 1 saturated heterocycles. The Kier molecular flexibility index (Phi) is 5.00. The van der Waals surface area contributed by atoms with E-state index in [0.29, 0.717) is 17.1 Å². The first kappa shape index (κ1) is 17.0. The molecular weight excluding hydrogens is 342 g/mol. The van der Waals surface area contributed by atoms with E-state index in [9.17, 15) is 14.4 Å². The fraction of sp³-hybridized carbons (Fsp3) is 0.167. The lowest BCUT2D eigenvalue weighted by Gasteiger charge is -2.13. The summed E-state index contributed by atoms with van der Waals surface area (Å²) in [4.78, 5) is 37.5. The van der Waals surface area contributed by atoms with Crippen molar-refractivity contribution in [2.24, 2.45) is 0 Å². The van der Waals surface area contributed by atoms with Gasteiger partial charge in [0.25, 0.3) is 5.91 Å². The first-order chi connectivity index (χ1) is 12.0. The number of halogens is 1. The molecule has 0 saturated carbocycles. The first-order valence-electron chi connectivity index (χ1n) is 7.74. The number of imide groups is 1. The number of nitrogens with one attached hydrogen (secondary N) is 2. The highest BCUT2D eigenvalue weighted by molar-refractivity contribution is 6.30. The van der Waals surface area contributed by atoms with E-state index in [4.69, 9.17) is 11.6 Å². The molecule has 1 atom stereocenters. The van der Waals surface area contributed by atoms with E-state index < -0.39 is 23.9 Å². The number of benzene rings is 2. The molecule has 0 unspecified atom stereocenters. The molecule has 7 heteroatoms. The predicted molar refractivity (Wildman–Crippen MR) is 94.3 cm³/mol. The number of hydrogen-bond donors (Lipinski definition) is 2. The number of amides is 4. The van der Waals surface area contributed by atoms with Crippen molar-refractivity contribution in [3.8, 4) is 0 Å². The van der Waals surface area contributed by atoms with Gasteiger partial charge >= 0.3 is 6.03 Å². The highest BCUT2D eigenvalue weighted by atomic mass is 35.5. The van der Waals surface area contributed by atoms with Gasteiger partial charge in [-0.15, -0.1) is 0 Å². The van der Waals surface area contributed by atoms with Gasteiger partial charge in [0.2, 0.25) is 5.91 Å². The van der Waals surface area contributed by atoms with Gasteiger partial charge in [0.1, 0.15) is 12.6 Å².